The lowest BCUT2D eigenvalue weighted by molar-refractivity contribution is -0.928. The molecule has 0 spiro atoms. The fourth-order valence-electron chi connectivity index (χ4n) is 5.77. The van der Waals surface area contributed by atoms with E-state index in [-0.39, 0.29) is 36.3 Å². The number of urea groups is 1. The molecule has 1 unspecified atom stereocenters. The van der Waals surface area contributed by atoms with Crippen LogP contribution in [0.4, 0.5) is 16.2 Å². The molecular weight excluding hydrogens is 627 g/mol. The molecule has 2 saturated heterocycles. The highest BCUT2D eigenvalue weighted by Gasteiger charge is 2.31. The standard InChI is InChI=1S/C33H38N4O3.HI/c1-37(17-15-26(16-18-37)20-25-8-3-2-4-9-25)24-28-22-30(40-32-12-5-6-19-39-32)13-14-31(28)36-33(38)35-29-11-7-10-27(21-29)23-34;/h2-4,7-11,13-14,21-22,26,32H,5-6,12,15-20,24H2,1H3,(H-,35,36,38);1H. The first kappa shape index (κ1) is 30.8. The van der Waals surface area contributed by atoms with Gasteiger partial charge >= 0.3 is 6.03 Å². The number of rotatable bonds is 8. The summed E-state index contributed by atoms with van der Waals surface area (Å²) >= 11 is 0. The van der Waals surface area contributed by atoms with Crippen LogP contribution in [0.2, 0.25) is 0 Å². The van der Waals surface area contributed by atoms with E-state index in [0.29, 0.717) is 17.2 Å². The smallest absolute Gasteiger partial charge is 0.323 e. The highest BCUT2D eigenvalue weighted by molar-refractivity contribution is 6.00. The Bertz CT molecular complexity index is 1330. The van der Waals surface area contributed by atoms with Gasteiger partial charge in [-0.1, -0.05) is 36.4 Å². The van der Waals surface area contributed by atoms with Crippen LogP contribution in [0, 0.1) is 17.2 Å². The van der Waals surface area contributed by atoms with Gasteiger partial charge in [0.1, 0.15) is 12.3 Å². The zero-order valence-electron chi connectivity index (χ0n) is 23.7. The second-order valence-electron chi connectivity index (χ2n) is 11.4. The van der Waals surface area contributed by atoms with Crippen molar-refractivity contribution in [3.63, 3.8) is 0 Å². The summed E-state index contributed by atoms with van der Waals surface area (Å²) in [6.07, 6.45) is 6.31. The van der Waals surface area contributed by atoms with Gasteiger partial charge < -0.3 is 48.6 Å². The number of quaternary nitrogens is 1. The predicted octanol–water partition coefficient (Wildman–Crippen LogP) is 3.71. The van der Waals surface area contributed by atoms with E-state index >= 15 is 0 Å². The molecule has 0 bridgehead atoms. The number of anilines is 2. The summed E-state index contributed by atoms with van der Waals surface area (Å²) in [6.45, 7) is 3.69. The van der Waals surface area contributed by atoms with Crippen molar-refractivity contribution in [1.29, 1.82) is 5.26 Å². The number of nitrogens with zero attached hydrogens (tertiary/aromatic N) is 2. The number of hydrogen-bond donors (Lipinski definition) is 2. The summed E-state index contributed by atoms with van der Waals surface area (Å²) in [5.74, 6) is 1.46. The zero-order valence-corrected chi connectivity index (χ0v) is 25.8. The van der Waals surface area contributed by atoms with Crippen LogP contribution >= 0.6 is 0 Å². The highest BCUT2D eigenvalue weighted by atomic mass is 127. The van der Waals surface area contributed by atoms with Gasteiger partial charge in [-0.25, -0.2) is 4.79 Å². The Morgan fingerprint density at radius 1 is 1.00 bits per heavy atom. The molecule has 2 amide bonds. The molecule has 0 radical (unpaired) electrons. The van der Waals surface area contributed by atoms with E-state index in [4.69, 9.17) is 9.47 Å². The zero-order chi connectivity index (χ0) is 27.8. The van der Waals surface area contributed by atoms with Crippen LogP contribution in [0.3, 0.4) is 0 Å². The molecule has 2 aliphatic rings. The summed E-state index contributed by atoms with van der Waals surface area (Å²) in [6, 6.07) is 25.3. The van der Waals surface area contributed by atoms with Crippen LogP contribution in [0.25, 0.3) is 0 Å². The summed E-state index contributed by atoms with van der Waals surface area (Å²) in [7, 11) is 2.31. The number of hydrogen-bond acceptors (Lipinski definition) is 4. The molecule has 7 nitrogen and oxygen atoms in total. The maximum atomic E-state index is 13.0. The van der Waals surface area contributed by atoms with Crippen molar-refractivity contribution in [3.8, 4) is 11.8 Å². The predicted molar refractivity (Wildman–Crippen MR) is 157 cm³/mol. The Balaban J connectivity index is 0.00000387. The number of nitrogens with one attached hydrogen (secondary N) is 2. The molecule has 2 N–H and O–H groups in total. The lowest BCUT2D eigenvalue weighted by atomic mass is 9.89. The van der Waals surface area contributed by atoms with Gasteiger partial charge in [0.25, 0.3) is 0 Å². The molecule has 0 aromatic heterocycles. The summed E-state index contributed by atoms with van der Waals surface area (Å²) in [4.78, 5) is 13.0. The third kappa shape index (κ3) is 8.93. The number of carbonyl (C=O) groups excluding carboxylic acids is 1. The second-order valence-corrected chi connectivity index (χ2v) is 11.4. The van der Waals surface area contributed by atoms with Gasteiger partial charge in [0.05, 0.1) is 44.1 Å². The SMILES string of the molecule is C[N+]1(Cc2cc(OC3CCCCO3)ccc2NC(=O)Nc2cccc(C#N)c2)CCC(Cc2ccccc2)CC1.[I-]. The van der Waals surface area contributed by atoms with Gasteiger partial charge in [-0.15, -0.1) is 0 Å². The molecule has 1 atom stereocenters. The van der Waals surface area contributed by atoms with Crippen molar-refractivity contribution < 1.29 is 42.7 Å². The second kappa shape index (κ2) is 14.7. The van der Waals surface area contributed by atoms with Gasteiger partial charge in [0.2, 0.25) is 0 Å². The minimum Gasteiger partial charge on any atom is -1.00 e. The van der Waals surface area contributed by atoms with E-state index in [1.165, 1.54) is 18.4 Å². The first-order chi connectivity index (χ1) is 19.5. The van der Waals surface area contributed by atoms with Crippen molar-refractivity contribution in [2.24, 2.45) is 5.92 Å². The van der Waals surface area contributed by atoms with Crippen LogP contribution in [-0.4, -0.2) is 43.5 Å². The minimum atomic E-state index is -0.343. The molecule has 2 heterocycles. The van der Waals surface area contributed by atoms with Gasteiger partial charge in [0, 0.05) is 17.7 Å². The van der Waals surface area contributed by atoms with Gasteiger partial charge in [-0.05, 0) is 80.0 Å². The third-order valence-electron chi connectivity index (χ3n) is 8.05. The number of nitriles is 1. The molecule has 5 rings (SSSR count). The number of carbonyl (C=O) groups is 1. The van der Waals surface area contributed by atoms with E-state index in [1.54, 1.807) is 24.3 Å². The highest BCUT2D eigenvalue weighted by Crippen LogP contribution is 2.32. The minimum absolute atomic E-state index is 0. The summed E-state index contributed by atoms with van der Waals surface area (Å²) in [5, 5.41) is 15.1. The molecule has 2 fully saturated rings. The molecule has 2 aliphatic heterocycles. The van der Waals surface area contributed by atoms with Crippen LogP contribution < -0.4 is 39.3 Å². The lowest BCUT2D eigenvalue weighted by Crippen LogP contribution is -3.00. The topological polar surface area (TPSA) is 83.4 Å². The number of amides is 2. The molecule has 41 heavy (non-hydrogen) atoms. The molecule has 0 aliphatic carbocycles. The number of ether oxygens (including phenoxy) is 2. The van der Waals surface area contributed by atoms with E-state index in [9.17, 15) is 10.1 Å². The van der Waals surface area contributed by atoms with Crippen LogP contribution in [0.1, 0.15) is 48.8 Å². The van der Waals surface area contributed by atoms with Gasteiger partial charge in [0.15, 0.2) is 6.29 Å². The van der Waals surface area contributed by atoms with E-state index in [2.05, 4.69) is 60.1 Å². The molecular formula is C33H39IN4O3. The molecule has 0 saturated carbocycles. The number of piperidine rings is 1. The van der Waals surface area contributed by atoms with Gasteiger partial charge in [-0.3, -0.25) is 0 Å². The Kier molecular flexibility index (Phi) is 11.0. The largest absolute Gasteiger partial charge is 1.00 e. The summed E-state index contributed by atoms with van der Waals surface area (Å²) < 4.78 is 12.9. The monoisotopic (exact) mass is 666 g/mol. The van der Waals surface area contributed by atoms with Crippen LogP contribution in [-0.2, 0) is 17.7 Å². The van der Waals surface area contributed by atoms with Crippen LogP contribution in [0.15, 0.2) is 72.8 Å². The fourth-order valence-corrected chi connectivity index (χ4v) is 5.77. The lowest BCUT2D eigenvalue weighted by Gasteiger charge is -2.41. The number of likely N-dealkylation sites (tertiary alicyclic amines) is 1. The van der Waals surface area contributed by atoms with Crippen LogP contribution in [0.5, 0.6) is 5.75 Å². The average Bonchev–Trinajstić information content (AvgIpc) is 2.97. The maximum Gasteiger partial charge on any atom is 0.323 e. The van der Waals surface area contributed by atoms with E-state index in [1.807, 2.05) is 12.1 Å². The first-order valence-corrected chi connectivity index (χ1v) is 14.3. The number of benzene rings is 3. The van der Waals surface area contributed by atoms with E-state index in [0.717, 1.165) is 73.4 Å². The third-order valence-corrected chi connectivity index (χ3v) is 8.05. The normalized spacial score (nSPS) is 22.0. The Hall–Kier alpha value is -3.13. The Morgan fingerprint density at radius 2 is 1.80 bits per heavy atom. The van der Waals surface area contributed by atoms with Crippen molar-refractivity contribution in [1.82, 2.24) is 0 Å². The molecule has 216 valence electrons. The Morgan fingerprint density at radius 3 is 2.54 bits per heavy atom. The summed E-state index contributed by atoms with van der Waals surface area (Å²) in [5.41, 5.74) is 4.29. The molecule has 3 aromatic rings. The fraction of sp³-hybridized carbons (Fsp3) is 0.394. The van der Waals surface area contributed by atoms with Crippen molar-refractivity contribution >= 4 is 17.4 Å². The Labute approximate surface area is 260 Å². The van der Waals surface area contributed by atoms with E-state index < -0.39 is 0 Å². The van der Waals surface area contributed by atoms with Gasteiger partial charge in [-0.2, -0.15) is 5.26 Å². The molecule has 8 heteroatoms. The number of halogens is 1. The molecule has 3 aromatic carbocycles. The first-order valence-electron chi connectivity index (χ1n) is 14.3. The van der Waals surface area contributed by atoms with Crippen molar-refractivity contribution in [3.05, 3.63) is 89.5 Å². The quantitative estimate of drug-likeness (QED) is 0.284. The van der Waals surface area contributed by atoms with Crippen molar-refractivity contribution in [2.75, 3.05) is 37.4 Å². The average molecular weight is 667 g/mol. The van der Waals surface area contributed by atoms with Crippen molar-refractivity contribution in [2.45, 2.75) is 51.4 Å². The maximum absolute atomic E-state index is 13.0.